The van der Waals surface area contributed by atoms with Crippen LogP contribution in [0.5, 0.6) is 11.5 Å². The van der Waals surface area contributed by atoms with Crippen LogP contribution in [0.2, 0.25) is 0 Å². The molecule has 0 spiro atoms. The molecule has 8 nitrogen and oxygen atoms in total. The summed E-state index contributed by atoms with van der Waals surface area (Å²) in [6.45, 7) is 0. The number of carbonyl (C=O) groups is 1. The zero-order valence-corrected chi connectivity index (χ0v) is 19.0. The summed E-state index contributed by atoms with van der Waals surface area (Å²) < 4.78 is 13.3. The van der Waals surface area contributed by atoms with Crippen molar-refractivity contribution in [2.45, 2.75) is 5.16 Å². The van der Waals surface area contributed by atoms with E-state index in [2.05, 4.69) is 36.7 Å². The Bertz CT molecular complexity index is 1070. The highest BCUT2D eigenvalue weighted by atomic mass is 79.9. The van der Waals surface area contributed by atoms with Crippen molar-refractivity contribution in [1.82, 2.24) is 20.2 Å². The molecular weight excluding hydrogens is 470 g/mol. The maximum Gasteiger partial charge on any atom is 0.250 e. The van der Waals surface area contributed by atoms with Crippen molar-refractivity contribution in [3.05, 3.63) is 52.5 Å². The molecule has 0 radical (unpaired) electrons. The van der Waals surface area contributed by atoms with Gasteiger partial charge in [-0.3, -0.25) is 4.79 Å². The lowest BCUT2D eigenvalue weighted by atomic mass is 10.2. The normalized spacial score (nSPS) is 10.9. The van der Waals surface area contributed by atoms with Crippen LogP contribution in [0, 0.1) is 0 Å². The number of methoxy groups -OCH3 is 2. The Morgan fingerprint density at radius 3 is 2.73 bits per heavy atom. The number of halogens is 1. The Balaban J connectivity index is 1.56. The van der Waals surface area contributed by atoms with Crippen LogP contribution in [0.1, 0.15) is 5.56 Å². The molecule has 0 atom stereocenters. The molecule has 0 bridgehead atoms. The molecule has 1 amide bonds. The average molecular weight is 490 g/mol. The monoisotopic (exact) mass is 489 g/mol. The van der Waals surface area contributed by atoms with Gasteiger partial charge in [-0.15, -0.1) is 10.2 Å². The van der Waals surface area contributed by atoms with Crippen LogP contribution in [-0.4, -0.2) is 46.9 Å². The second-order valence-corrected chi connectivity index (χ2v) is 7.93. The van der Waals surface area contributed by atoms with E-state index in [1.54, 1.807) is 26.4 Å². The van der Waals surface area contributed by atoms with E-state index in [9.17, 15) is 4.79 Å². The van der Waals surface area contributed by atoms with Gasteiger partial charge in [-0.2, -0.15) is 5.10 Å². The third kappa shape index (κ3) is 5.39. The number of nitrogens with zero attached hydrogens (tertiary/aromatic N) is 4. The molecular formula is C20H20BrN5O3S. The fraction of sp³-hybridized carbons (Fsp3) is 0.200. The van der Waals surface area contributed by atoms with Gasteiger partial charge in [-0.1, -0.05) is 39.8 Å². The number of aromatic nitrogens is 3. The number of thioether (sulfide) groups is 1. The summed E-state index contributed by atoms with van der Waals surface area (Å²) in [4.78, 5) is 12.1. The van der Waals surface area contributed by atoms with E-state index < -0.39 is 0 Å². The van der Waals surface area contributed by atoms with Gasteiger partial charge in [0.1, 0.15) is 0 Å². The van der Waals surface area contributed by atoms with Gasteiger partial charge in [0, 0.05) is 17.1 Å². The molecule has 30 heavy (non-hydrogen) atoms. The Labute approximate surface area is 186 Å². The van der Waals surface area contributed by atoms with Gasteiger partial charge in [0.05, 0.1) is 26.2 Å². The summed E-state index contributed by atoms with van der Waals surface area (Å²) in [6.07, 6.45) is 1.54. The van der Waals surface area contributed by atoms with E-state index in [0.29, 0.717) is 16.7 Å². The Kier molecular flexibility index (Phi) is 7.47. The Morgan fingerprint density at radius 2 is 2.00 bits per heavy atom. The van der Waals surface area contributed by atoms with E-state index in [1.165, 1.54) is 18.0 Å². The summed E-state index contributed by atoms with van der Waals surface area (Å²) in [5.74, 6) is 1.86. The third-order valence-corrected chi connectivity index (χ3v) is 5.57. The molecule has 0 aliphatic heterocycles. The predicted molar refractivity (Wildman–Crippen MR) is 120 cm³/mol. The molecule has 0 aliphatic rings. The van der Waals surface area contributed by atoms with Crippen molar-refractivity contribution in [2.24, 2.45) is 12.1 Å². The molecule has 3 rings (SSSR count). The highest BCUT2D eigenvalue weighted by molar-refractivity contribution is 9.10. The number of carbonyl (C=O) groups excluding carboxylic acids is 1. The van der Waals surface area contributed by atoms with E-state index >= 15 is 0 Å². The topological polar surface area (TPSA) is 90.6 Å². The summed E-state index contributed by atoms with van der Waals surface area (Å²) in [6, 6.07) is 13.2. The largest absolute Gasteiger partial charge is 0.493 e. The Hall–Kier alpha value is -2.85. The minimum Gasteiger partial charge on any atom is -0.493 e. The highest BCUT2D eigenvalue weighted by Gasteiger charge is 2.13. The molecule has 0 saturated carbocycles. The fourth-order valence-electron chi connectivity index (χ4n) is 2.59. The molecule has 10 heteroatoms. The first kappa shape index (κ1) is 21.8. The third-order valence-electron chi connectivity index (χ3n) is 4.06. The number of hydrogen-bond acceptors (Lipinski definition) is 7. The predicted octanol–water partition coefficient (Wildman–Crippen LogP) is 3.50. The van der Waals surface area contributed by atoms with Crippen LogP contribution >= 0.6 is 27.7 Å². The summed E-state index contributed by atoms with van der Waals surface area (Å²) in [7, 11) is 5.00. The van der Waals surface area contributed by atoms with E-state index in [-0.39, 0.29) is 11.7 Å². The van der Waals surface area contributed by atoms with Crippen molar-refractivity contribution in [3.63, 3.8) is 0 Å². The second-order valence-electron chi connectivity index (χ2n) is 6.07. The first-order valence-corrected chi connectivity index (χ1v) is 10.6. The van der Waals surface area contributed by atoms with Crippen molar-refractivity contribution in [3.8, 4) is 22.9 Å². The number of hydrogen-bond donors (Lipinski definition) is 1. The number of amides is 1. The molecule has 1 N–H and O–H groups in total. The number of ether oxygens (including phenoxy) is 2. The van der Waals surface area contributed by atoms with Gasteiger partial charge in [0.25, 0.3) is 5.91 Å². The minimum atomic E-state index is -0.247. The lowest BCUT2D eigenvalue weighted by Gasteiger charge is -2.07. The molecule has 0 saturated heterocycles. The summed E-state index contributed by atoms with van der Waals surface area (Å²) in [5, 5.41) is 13.0. The number of rotatable bonds is 8. The van der Waals surface area contributed by atoms with Crippen molar-refractivity contribution in [2.75, 3.05) is 20.0 Å². The molecule has 3 aromatic rings. The number of nitrogens with one attached hydrogen (secondary N) is 1. The first-order valence-electron chi connectivity index (χ1n) is 8.84. The van der Waals surface area contributed by atoms with Crippen molar-refractivity contribution < 1.29 is 14.3 Å². The average Bonchev–Trinajstić information content (AvgIpc) is 3.12. The van der Waals surface area contributed by atoms with Crippen LogP contribution in [0.3, 0.4) is 0 Å². The molecule has 0 fully saturated rings. The van der Waals surface area contributed by atoms with Gasteiger partial charge < -0.3 is 14.0 Å². The van der Waals surface area contributed by atoms with Gasteiger partial charge in [0.15, 0.2) is 22.5 Å². The van der Waals surface area contributed by atoms with Gasteiger partial charge in [-0.25, -0.2) is 5.43 Å². The van der Waals surface area contributed by atoms with E-state index in [0.717, 1.165) is 21.4 Å². The standard InChI is InChI=1S/C20H20BrN5O3S/c1-26-19(14-5-4-6-15(21)10-14)24-25-20(26)30-12-18(27)23-22-11-13-7-8-16(28-2)17(9-13)29-3/h4-11H,12H2,1-3H3,(H,23,27)/b22-11+. The van der Waals surface area contributed by atoms with Crippen LogP contribution in [0.4, 0.5) is 0 Å². The molecule has 1 aromatic heterocycles. The molecule has 156 valence electrons. The second kappa shape index (κ2) is 10.3. The van der Waals surface area contributed by atoms with Gasteiger partial charge >= 0.3 is 0 Å². The van der Waals surface area contributed by atoms with Crippen LogP contribution in [0.15, 0.2) is 57.2 Å². The van der Waals surface area contributed by atoms with Gasteiger partial charge in [-0.05, 0) is 35.9 Å². The molecule has 0 unspecified atom stereocenters. The lowest BCUT2D eigenvalue weighted by molar-refractivity contribution is -0.118. The minimum absolute atomic E-state index is 0.160. The van der Waals surface area contributed by atoms with Crippen LogP contribution in [0.25, 0.3) is 11.4 Å². The number of benzene rings is 2. The van der Waals surface area contributed by atoms with E-state index in [1.807, 2.05) is 41.9 Å². The van der Waals surface area contributed by atoms with E-state index in [4.69, 9.17) is 9.47 Å². The van der Waals surface area contributed by atoms with Crippen LogP contribution < -0.4 is 14.9 Å². The van der Waals surface area contributed by atoms with Crippen LogP contribution in [-0.2, 0) is 11.8 Å². The molecule has 1 heterocycles. The van der Waals surface area contributed by atoms with Gasteiger partial charge in [0.2, 0.25) is 0 Å². The maximum atomic E-state index is 12.1. The molecule has 0 aliphatic carbocycles. The summed E-state index contributed by atoms with van der Waals surface area (Å²) >= 11 is 4.74. The first-order chi connectivity index (χ1) is 14.5. The zero-order chi connectivity index (χ0) is 21.5. The smallest absolute Gasteiger partial charge is 0.250 e. The quantitative estimate of drug-likeness (QED) is 0.295. The Morgan fingerprint density at radius 1 is 1.20 bits per heavy atom. The van der Waals surface area contributed by atoms with Crippen molar-refractivity contribution >= 4 is 39.8 Å². The maximum absolute atomic E-state index is 12.1. The lowest BCUT2D eigenvalue weighted by Crippen LogP contribution is -2.19. The highest BCUT2D eigenvalue weighted by Crippen LogP contribution is 2.27. The molecule has 2 aromatic carbocycles. The zero-order valence-electron chi connectivity index (χ0n) is 16.6. The summed E-state index contributed by atoms with van der Waals surface area (Å²) in [5.41, 5.74) is 4.22. The SMILES string of the molecule is COc1ccc(/C=N/NC(=O)CSc2nnc(-c3cccc(Br)c3)n2C)cc1OC. The fourth-order valence-corrected chi connectivity index (χ4v) is 3.70. The van der Waals surface area contributed by atoms with Crippen molar-refractivity contribution in [1.29, 1.82) is 0 Å². The number of hydrazone groups is 1.